The van der Waals surface area contributed by atoms with E-state index < -0.39 is 71.7 Å². The van der Waals surface area contributed by atoms with Gasteiger partial charge in [-0.1, -0.05) is 0 Å². The van der Waals surface area contributed by atoms with E-state index in [1.54, 1.807) is 0 Å². The van der Waals surface area contributed by atoms with E-state index in [2.05, 4.69) is 0 Å². The zero-order valence-corrected chi connectivity index (χ0v) is 15.8. The Kier molecular flexibility index (Phi) is 6.87. The maximum Gasteiger partial charge on any atom is 0.403 e. The molecule has 168 valence electrons. The molecule has 1 amide bonds. The number of hydrogen-bond donors (Lipinski definition) is 2. The molecule has 0 aromatic carbocycles. The molecule has 0 saturated heterocycles. The Hall–Kier alpha value is -1.28. The third kappa shape index (κ3) is 5.41. The molecule has 2 N–H and O–H groups in total. The molecular formula is C8H10F8N2O7S3. The van der Waals surface area contributed by atoms with Crippen LogP contribution in [-0.2, 0) is 34.9 Å². The number of halogens is 8. The van der Waals surface area contributed by atoms with Crippen LogP contribution in [0.4, 0.5) is 35.1 Å². The Balaban J connectivity index is 6.20. The molecule has 0 spiro atoms. The first-order chi connectivity index (χ1) is 11.8. The minimum Gasteiger partial charge on any atom is -0.274 e. The van der Waals surface area contributed by atoms with Crippen LogP contribution in [0, 0.1) is 0 Å². The maximum atomic E-state index is 14.1. The second-order valence-electron chi connectivity index (χ2n) is 5.22. The number of rotatable bonds is 8. The lowest BCUT2D eigenvalue weighted by Gasteiger charge is -2.34. The van der Waals surface area contributed by atoms with Crippen LogP contribution in [-0.4, -0.2) is 59.8 Å². The van der Waals surface area contributed by atoms with Gasteiger partial charge in [0.15, 0.2) is 0 Å². The molecule has 1 atom stereocenters. The Morgan fingerprint density at radius 1 is 0.786 bits per heavy atom. The van der Waals surface area contributed by atoms with Crippen molar-refractivity contribution in [2.24, 2.45) is 0 Å². The van der Waals surface area contributed by atoms with Crippen LogP contribution in [0.2, 0.25) is 0 Å². The fraction of sp³-hybridized carbons (Fsp3) is 0.875. The first-order valence-electron chi connectivity index (χ1n) is 6.10. The minimum absolute atomic E-state index is 0.0125. The van der Waals surface area contributed by atoms with E-state index in [0.717, 1.165) is 0 Å². The van der Waals surface area contributed by atoms with Crippen molar-refractivity contribution >= 4 is 36.0 Å². The second-order valence-corrected chi connectivity index (χ2v) is 10.7. The van der Waals surface area contributed by atoms with Crippen LogP contribution < -0.4 is 8.85 Å². The van der Waals surface area contributed by atoms with Gasteiger partial charge in [0.1, 0.15) is 6.42 Å². The van der Waals surface area contributed by atoms with Crippen LogP contribution in [0.5, 0.6) is 0 Å². The summed E-state index contributed by atoms with van der Waals surface area (Å²) >= 11 is 0. The van der Waals surface area contributed by atoms with E-state index in [0.29, 0.717) is 0 Å². The summed E-state index contributed by atoms with van der Waals surface area (Å²) in [6, 6.07) is 0. The summed E-state index contributed by atoms with van der Waals surface area (Å²) in [4.78, 5) is 10.8. The molecule has 20 heteroatoms. The highest BCUT2D eigenvalue weighted by Crippen LogP contribution is 2.49. The van der Waals surface area contributed by atoms with Gasteiger partial charge in [0, 0.05) is 0 Å². The van der Waals surface area contributed by atoms with Gasteiger partial charge in [0.05, 0.1) is 6.26 Å². The van der Waals surface area contributed by atoms with Crippen molar-refractivity contribution in [3.05, 3.63) is 0 Å². The Morgan fingerprint density at radius 2 is 1.14 bits per heavy atom. The second kappa shape index (κ2) is 7.20. The lowest BCUT2D eigenvalue weighted by atomic mass is 10.1. The average Bonchev–Trinajstić information content (AvgIpc) is 2.31. The van der Waals surface area contributed by atoms with Crippen molar-refractivity contribution in [3.8, 4) is 0 Å². The van der Waals surface area contributed by atoms with E-state index in [1.165, 1.54) is 0 Å². The molecule has 0 saturated carbocycles. The highest BCUT2D eigenvalue weighted by Gasteiger charge is 2.78. The van der Waals surface area contributed by atoms with Gasteiger partial charge in [0.2, 0.25) is 15.9 Å². The third-order valence-corrected chi connectivity index (χ3v) is 7.34. The molecule has 0 bridgehead atoms. The number of sulfonamides is 3. The zero-order valence-electron chi connectivity index (χ0n) is 13.3. The van der Waals surface area contributed by atoms with Crippen LogP contribution >= 0.6 is 0 Å². The first-order valence-corrected chi connectivity index (χ1v) is 11.0. The van der Waals surface area contributed by atoms with E-state index in [9.17, 15) is 65.2 Å². The highest BCUT2D eigenvalue weighted by atomic mass is 32.3. The molecule has 28 heavy (non-hydrogen) atoms. The summed E-state index contributed by atoms with van der Waals surface area (Å²) in [7, 11) is -19.0. The summed E-state index contributed by atoms with van der Waals surface area (Å²) in [5.74, 6) is -2.72. The van der Waals surface area contributed by atoms with E-state index >= 15 is 0 Å². The molecule has 0 fully saturated rings. The summed E-state index contributed by atoms with van der Waals surface area (Å²) < 4.78 is 172. The van der Waals surface area contributed by atoms with E-state index in [1.807, 2.05) is 0 Å². The summed E-state index contributed by atoms with van der Waals surface area (Å²) in [5, 5.41) is -13.0. The van der Waals surface area contributed by atoms with Crippen molar-refractivity contribution in [1.29, 1.82) is 0 Å². The molecule has 0 aliphatic carbocycles. The van der Waals surface area contributed by atoms with Gasteiger partial charge in [-0.2, -0.15) is 39.2 Å². The first kappa shape index (κ1) is 26.7. The van der Waals surface area contributed by atoms with Crippen LogP contribution in [0.15, 0.2) is 0 Å². The van der Waals surface area contributed by atoms with Gasteiger partial charge in [-0.05, 0) is 6.92 Å². The Labute approximate surface area is 152 Å². The van der Waals surface area contributed by atoms with Crippen molar-refractivity contribution in [2.75, 3.05) is 6.26 Å². The summed E-state index contributed by atoms with van der Waals surface area (Å²) in [6.45, 7) is -0.984. The van der Waals surface area contributed by atoms with E-state index in [-0.39, 0.29) is 15.1 Å². The average molecular weight is 494 g/mol. The van der Waals surface area contributed by atoms with Gasteiger partial charge in [0.25, 0.3) is 15.7 Å². The topological polar surface area (TPSA) is 144 Å². The predicted octanol–water partition coefficient (Wildman–Crippen LogP) is 0.178. The highest BCUT2D eigenvalue weighted by molar-refractivity contribution is 8.05. The lowest BCUT2D eigenvalue weighted by Crippen LogP contribution is -2.65. The van der Waals surface area contributed by atoms with Crippen LogP contribution in [0.1, 0.15) is 13.3 Å². The fourth-order valence-electron chi connectivity index (χ4n) is 1.36. The number of hydrogen-bond acceptors (Lipinski definition) is 7. The predicted molar refractivity (Wildman–Crippen MR) is 74.0 cm³/mol. The number of alkyl halides is 8. The smallest absolute Gasteiger partial charge is 0.274 e. The molecule has 0 heterocycles. The molecular weight excluding hydrogens is 484 g/mol. The molecule has 0 radical (unpaired) electrons. The molecule has 0 rings (SSSR count). The summed E-state index contributed by atoms with van der Waals surface area (Å²) in [5.41, 5.74) is -5.97. The number of nitrogens with one attached hydrogen (secondary N) is 2. The van der Waals surface area contributed by atoms with Gasteiger partial charge in [-0.25, -0.2) is 25.9 Å². The maximum absolute atomic E-state index is 14.1. The summed E-state index contributed by atoms with van der Waals surface area (Å²) in [6.07, 6.45) is -8.17. The SMILES string of the molecule is CC(F)(C(F)(F)S(=O)(=O)NC(=O)CC(F)(F)F)C(F)(F)S(=O)(=O)NS(C)(=O)=O. The fourth-order valence-corrected chi connectivity index (χ4v) is 5.20. The zero-order chi connectivity index (χ0) is 23.2. The molecule has 0 aromatic heterocycles. The van der Waals surface area contributed by atoms with Gasteiger partial charge >= 0.3 is 26.7 Å². The number of carbonyl (C=O) groups excluding carboxylic acids is 1. The van der Waals surface area contributed by atoms with E-state index in [4.69, 9.17) is 0 Å². The monoisotopic (exact) mass is 494 g/mol. The lowest BCUT2D eigenvalue weighted by molar-refractivity contribution is -0.164. The molecule has 0 aromatic rings. The van der Waals surface area contributed by atoms with Crippen molar-refractivity contribution in [2.45, 2.75) is 35.7 Å². The normalized spacial score (nSPS) is 17.1. The van der Waals surface area contributed by atoms with Crippen molar-refractivity contribution in [1.82, 2.24) is 8.85 Å². The van der Waals surface area contributed by atoms with Crippen LogP contribution in [0.3, 0.4) is 0 Å². The number of carbonyl (C=O) groups is 1. The van der Waals surface area contributed by atoms with Gasteiger partial charge < -0.3 is 0 Å². The minimum atomic E-state index is -7.01. The number of amides is 1. The van der Waals surface area contributed by atoms with Crippen molar-refractivity contribution in [3.63, 3.8) is 0 Å². The Bertz CT molecular complexity index is 937. The third-order valence-electron chi connectivity index (χ3n) is 2.64. The van der Waals surface area contributed by atoms with Gasteiger partial charge in [-0.15, -0.1) is 4.13 Å². The van der Waals surface area contributed by atoms with Gasteiger partial charge in [-0.3, -0.25) is 4.79 Å². The largest absolute Gasteiger partial charge is 0.403 e. The standard InChI is InChI=1S/C8H10F8N2O7S3/c1-5(9,8(15,16)28(24,25)18-26(2,20)21)7(13,14)27(22,23)17-4(19)3-6(10,11)12/h18H,3H2,1-2H3,(H,17,19). The quantitative estimate of drug-likeness (QED) is 0.458. The van der Waals surface area contributed by atoms with Crippen LogP contribution in [0.25, 0.3) is 0 Å². The molecule has 0 aliphatic heterocycles. The molecule has 0 aliphatic rings. The Morgan fingerprint density at radius 3 is 1.46 bits per heavy atom. The molecule has 9 nitrogen and oxygen atoms in total. The molecule has 1 unspecified atom stereocenters. The van der Waals surface area contributed by atoms with Crippen molar-refractivity contribution < 1.29 is 65.2 Å².